The fraction of sp³-hybridized carbons (Fsp3) is 0.176. The van der Waals surface area contributed by atoms with Crippen LogP contribution in [-0.2, 0) is 6.54 Å². The van der Waals surface area contributed by atoms with E-state index in [1.165, 1.54) is 16.5 Å². The van der Waals surface area contributed by atoms with E-state index in [4.69, 9.17) is 5.73 Å². The molecule has 0 aliphatic carbocycles. The Morgan fingerprint density at radius 1 is 1.00 bits per heavy atom. The number of fused-ring (bicyclic) bond motifs is 1. The number of nitrogens with zero attached hydrogens (tertiary/aromatic N) is 3. The molecular formula is C17H18N4. The molecule has 2 aromatic carbocycles. The summed E-state index contributed by atoms with van der Waals surface area (Å²) in [4.78, 5) is 10.7. The summed E-state index contributed by atoms with van der Waals surface area (Å²) in [5.41, 5.74) is 7.72. The second kappa shape index (κ2) is 5.79. The molecule has 0 fully saturated rings. The number of hydrogen-bond acceptors (Lipinski definition) is 4. The molecule has 1 heterocycles. The Morgan fingerprint density at radius 3 is 2.57 bits per heavy atom. The molecule has 0 spiro atoms. The average molecular weight is 278 g/mol. The van der Waals surface area contributed by atoms with Gasteiger partial charge in [-0.3, -0.25) is 4.98 Å². The molecule has 4 nitrogen and oxygen atoms in total. The van der Waals surface area contributed by atoms with Crippen LogP contribution < -0.4 is 10.6 Å². The van der Waals surface area contributed by atoms with Crippen molar-refractivity contribution < 1.29 is 0 Å². The number of hydrogen-bond donors (Lipinski definition) is 1. The first-order valence-corrected chi connectivity index (χ1v) is 7.07. The highest BCUT2D eigenvalue weighted by atomic mass is 15.1. The average Bonchev–Trinajstić information content (AvgIpc) is 2.54. The summed E-state index contributed by atoms with van der Waals surface area (Å²) in [7, 11) is 0. The first-order valence-electron chi connectivity index (χ1n) is 7.07. The van der Waals surface area contributed by atoms with Gasteiger partial charge in [0.15, 0.2) is 0 Å². The molecule has 3 aromatic rings. The molecule has 3 rings (SSSR count). The van der Waals surface area contributed by atoms with Crippen LogP contribution in [0.3, 0.4) is 0 Å². The lowest BCUT2D eigenvalue weighted by Crippen LogP contribution is -2.23. The summed E-state index contributed by atoms with van der Waals surface area (Å²) in [6, 6.07) is 14.8. The Morgan fingerprint density at radius 2 is 1.81 bits per heavy atom. The molecule has 4 heteroatoms. The predicted molar refractivity (Wildman–Crippen MR) is 87.1 cm³/mol. The van der Waals surface area contributed by atoms with Crippen LogP contribution in [0.4, 0.5) is 11.5 Å². The number of aromatic nitrogens is 2. The van der Waals surface area contributed by atoms with Crippen LogP contribution in [0.1, 0.15) is 12.6 Å². The third kappa shape index (κ3) is 2.79. The van der Waals surface area contributed by atoms with E-state index in [0.29, 0.717) is 5.82 Å². The Kier molecular flexibility index (Phi) is 3.69. The molecule has 106 valence electrons. The van der Waals surface area contributed by atoms with Gasteiger partial charge in [-0.25, -0.2) is 4.98 Å². The fourth-order valence-corrected chi connectivity index (χ4v) is 2.49. The molecular weight excluding hydrogens is 260 g/mol. The molecule has 2 N–H and O–H groups in total. The first-order chi connectivity index (χ1) is 10.3. The van der Waals surface area contributed by atoms with E-state index in [0.717, 1.165) is 18.8 Å². The molecule has 0 amide bonds. The van der Waals surface area contributed by atoms with Gasteiger partial charge >= 0.3 is 0 Å². The molecule has 0 radical (unpaired) electrons. The van der Waals surface area contributed by atoms with Gasteiger partial charge in [0.1, 0.15) is 5.82 Å². The third-order valence-corrected chi connectivity index (χ3v) is 3.57. The maximum absolute atomic E-state index is 5.59. The molecule has 0 bridgehead atoms. The highest BCUT2D eigenvalue weighted by Crippen LogP contribution is 2.27. The summed E-state index contributed by atoms with van der Waals surface area (Å²) in [6.07, 6.45) is 3.34. The smallest absolute Gasteiger partial charge is 0.141 e. The molecule has 0 unspecified atom stereocenters. The Labute approximate surface area is 124 Å². The molecule has 21 heavy (non-hydrogen) atoms. The Balaban J connectivity index is 1.96. The molecule has 0 aliphatic heterocycles. The lowest BCUT2D eigenvalue weighted by atomic mass is 10.1. The third-order valence-electron chi connectivity index (χ3n) is 3.57. The number of benzene rings is 2. The van der Waals surface area contributed by atoms with Crippen molar-refractivity contribution in [2.24, 2.45) is 0 Å². The quantitative estimate of drug-likeness (QED) is 0.796. The Hall–Kier alpha value is -2.62. The van der Waals surface area contributed by atoms with Crippen LogP contribution in [0.2, 0.25) is 0 Å². The van der Waals surface area contributed by atoms with E-state index >= 15 is 0 Å². The minimum absolute atomic E-state index is 0.451. The maximum Gasteiger partial charge on any atom is 0.141 e. The van der Waals surface area contributed by atoms with Crippen LogP contribution in [0.25, 0.3) is 10.8 Å². The van der Waals surface area contributed by atoms with E-state index in [-0.39, 0.29) is 0 Å². The van der Waals surface area contributed by atoms with Gasteiger partial charge in [-0.15, -0.1) is 0 Å². The SMILES string of the molecule is CCN(Cc1cnc(N)cn1)c1cccc2ccccc12. The number of nitrogen functional groups attached to an aromatic ring is 1. The van der Waals surface area contributed by atoms with Crippen molar-refractivity contribution in [1.29, 1.82) is 0 Å². The summed E-state index contributed by atoms with van der Waals surface area (Å²) < 4.78 is 0. The minimum Gasteiger partial charge on any atom is -0.382 e. The molecule has 0 atom stereocenters. The van der Waals surface area contributed by atoms with Crippen molar-refractivity contribution in [3.63, 3.8) is 0 Å². The second-order valence-corrected chi connectivity index (χ2v) is 4.95. The van der Waals surface area contributed by atoms with Crippen molar-refractivity contribution in [2.45, 2.75) is 13.5 Å². The predicted octanol–water partition coefficient (Wildman–Crippen LogP) is 3.24. The maximum atomic E-state index is 5.59. The van der Waals surface area contributed by atoms with E-state index in [1.54, 1.807) is 12.4 Å². The topological polar surface area (TPSA) is 55.0 Å². The molecule has 0 aliphatic rings. The van der Waals surface area contributed by atoms with Crippen molar-refractivity contribution in [3.8, 4) is 0 Å². The van der Waals surface area contributed by atoms with Gasteiger partial charge in [-0.2, -0.15) is 0 Å². The first kappa shape index (κ1) is 13.4. The van der Waals surface area contributed by atoms with E-state index in [1.807, 2.05) is 0 Å². The highest BCUT2D eigenvalue weighted by Gasteiger charge is 2.09. The van der Waals surface area contributed by atoms with Crippen LogP contribution in [0.5, 0.6) is 0 Å². The number of rotatable bonds is 4. The van der Waals surface area contributed by atoms with Crippen LogP contribution in [0.15, 0.2) is 54.9 Å². The van der Waals surface area contributed by atoms with Gasteiger partial charge in [0, 0.05) is 17.6 Å². The standard InChI is InChI=1S/C17H18N4/c1-2-21(12-14-10-20-17(18)11-19-14)16-9-5-7-13-6-3-4-8-15(13)16/h3-11H,2,12H2,1H3,(H2,18,20). The van der Waals surface area contributed by atoms with Crippen LogP contribution in [0, 0.1) is 0 Å². The van der Waals surface area contributed by atoms with Crippen molar-refractivity contribution in [2.75, 3.05) is 17.2 Å². The lowest BCUT2D eigenvalue weighted by Gasteiger charge is -2.24. The van der Waals surface area contributed by atoms with Crippen molar-refractivity contribution in [3.05, 3.63) is 60.6 Å². The lowest BCUT2D eigenvalue weighted by molar-refractivity contribution is 0.808. The minimum atomic E-state index is 0.451. The normalized spacial score (nSPS) is 10.7. The molecule has 0 saturated carbocycles. The van der Waals surface area contributed by atoms with Gasteiger partial charge < -0.3 is 10.6 Å². The highest BCUT2D eigenvalue weighted by molar-refractivity contribution is 5.94. The summed E-state index contributed by atoms with van der Waals surface area (Å²) in [5, 5.41) is 2.50. The van der Waals surface area contributed by atoms with Crippen LogP contribution >= 0.6 is 0 Å². The monoisotopic (exact) mass is 278 g/mol. The van der Waals surface area contributed by atoms with E-state index in [2.05, 4.69) is 64.3 Å². The largest absolute Gasteiger partial charge is 0.382 e. The zero-order valence-electron chi connectivity index (χ0n) is 12.0. The Bertz CT molecular complexity index is 732. The van der Waals surface area contributed by atoms with Gasteiger partial charge in [0.25, 0.3) is 0 Å². The number of nitrogens with two attached hydrogens (primary N) is 1. The summed E-state index contributed by atoms with van der Waals surface area (Å²) >= 11 is 0. The second-order valence-electron chi connectivity index (χ2n) is 4.95. The van der Waals surface area contributed by atoms with Crippen LogP contribution in [-0.4, -0.2) is 16.5 Å². The summed E-state index contributed by atoms with van der Waals surface area (Å²) in [6.45, 7) is 3.77. The van der Waals surface area contributed by atoms with Crippen molar-refractivity contribution in [1.82, 2.24) is 9.97 Å². The zero-order chi connectivity index (χ0) is 14.7. The molecule has 1 aromatic heterocycles. The van der Waals surface area contributed by atoms with E-state index in [9.17, 15) is 0 Å². The molecule has 0 saturated heterocycles. The fourth-order valence-electron chi connectivity index (χ4n) is 2.49. The van der Waals surface area contributed by atoms with E-state index < -0.39 is 0 Å². The van der Waals surface area contributed by atoms with Gasteiger partial charge in [-0.05, 0) is 18.4 Å². The van der Waals surface area contributed by atoms with Gasteiger partial charge in [0.2, 0.25) is 0 Å². The zero-order valence-corrected chi connectivity index (χ0v) is 12.0. The number of anilines is 2. The van der Waals surface area contributed by atoms with Crippen molar-refractivity contribution >= 4 is 22.3 Å². The summed E-state index contributed by atoms with van der Waals surface area (Å²) in [5.74, 6) is 0.451. The van der Waals surface area contributed by atoms with Gasteiger partial charge in [-0.1, -0.05) is 36.4 Å². The van der Waals surface area contributed by atoms with Gasteiger partial charge in [0.05, 0.1) is 24.6 Å².